The third-order valence-electron chi connectivity index (χ3n) is 4.05. The van der Waals surface area contributed by atoms with E-state index in [0.29, 0.717) is 25.4 Å². The van der Waals surface area contributed by atoms with Gasteiger partial charge in [0.15, 0.2) is 0 Å². The van der Waals surface area contributed by atoms with Crippen molar-refractivity contribution in [3.05, 3.63) is 74.1 Å². The molecule has 1 saturated heterocycles. The molecule has 10 heteroatoms. The van der Waals surface area contributed by atoms with Gasteiger partial charge in [-0.1, -0.05) is 69.7 Å². The minimum Gasteiger partial charge on any atom is -0.292 e. The van der Waals surface area contributed by atoms with Crippen LogP contribution >= 0.6 is 51.5 Å². The van der Waals surface area contributed by atoms with Crippen molar-refractivity contribution in [2.24, 2.45) is 0 Å². The topological polar surface area (TPSA) is 78.5 Å². The average Bonchev–Trinajstić information content (AvgIpc) is 2.99. The Balaban J connectivity index is 1.52. The molecule has 1 heterocycles. The molecule has 3 rings (SSSR count). The molecule has 2 aromatic carbocycles. The maximum absolute atomic E-state index is 12.6. The molecule has 1 aliphatic rings. The second kappa shape index (κ2) is 10.2. The molecule has 0 spiro atoms. The summed E-state index contributed by atoms with van der Waals surface area (Å²) >= 11 is 15.8. The Hall–Kier alpha value is -2.20. The van der Waals surface area contributed by atoms with E-state index < -0.39 is 11.8 Å². The molecule has 0 aliphatic carbocycles. The summed E-state index contributed by atoms with van der Waals surface area (Å²) in [6, 6.07) is 13.9. The van der Waals surface area contributed by atoms with Crippen LogP contribution in [0.2, 0.25) is 5.02 Å². The maximum atomic E-state index is 12.6. The molecule has 2 N–H and O–H groups in total. The van der Waals surface area contributed by atoms with Crippen LogP contribution in [0, 0.1) is 0 Å². The van der Waals surface area contributed by atoms with E-state index in [1.54, 1.807) is 48.5 Å². The number of amides is 3. The molecule has 6 nitrogen and oxygen atoms in total. The van der Waals surface area contributed by atoms with Crippen molar-refractivity contribution in [1.82, 2.24) is 15.8 Å². The van der Waals surface area contributed by atoms with Crippen molar-refractivity contribution < 1.29 is 14.4 Å². The molecule has 1 aliphatic heterocycles. The Morgan fingerprint density at radius 1 is 1.13 bits per heavy atom. The SMILES string of the molecule is O=C(CCN1C(=O)C(=Cc2ccccc2Cl)SC1=S)NNC(=O)c1ccc(Br)cc1. The number of carbonyl (C=O) groups is 3. The van der Waals surface area contributed by atoms with Gasteiger partial charge in [-0.15, -0.1) is 0 Å². The third-order valence-corrected chi connectivity index (χ3v) is 6.30. The highest BCUT2D eigenvalue weighted by Gasteiger charge is 2.32. The highest BCUT2D eigenvalue weighted by Crippen LogP contribution is 2.33. The van der Waals surface area contributed by atoms with Crippen LogP contribution in [0.1, 0.15) is 22.3 Å². The van der Waals surface area contributed by atoms with Crippen molar-refractivity contribution in [3.63, 3.8) is 0 Å². The second-order valence-corrected chi connectivity index (χ2v) is 9.11. The number of hydrogen-bond acceptors (Lipinski definition) is 5. The first-order valence-corrected chi connectivity index (χ1v) is 11.1. The van der Waals surface area contributed by atoms with E-state index in [2.05, 4.69) is 26.8 Å². The summed E-state index contributed by atoms with van der Waals surface area (Å²) in [5, 5.41) is 0.531. The molecule has 0 radical (unpaired) electrons. The van der Waals surface area contributed by atoms with Gasteiger partial charge in [-0.2, -0.15) is 0 Å². The molecule has 154 valence electrons. The molecule has 3 amide bonds. The summed E-state index contributed by atoms with van der Waals surface area (Å²) in [4.78, 5) is 38.5. The number of nitrogens with zero attached hydrogens (tertiary/aromatic N) is 1. The number of hydrogen-bond donors (Lipinski definition) is 2. The molecule has 0 bridgehead atoms. The second-order valence-electron chi connectivity index (χ2n) is 6.11. The highest BCUT2D eigenvalue weighted by molar-refractivity contribution is 9.10. The van der Waals surface area contributed by atoms with Gasteiger partial charge in [-0.05, 0) is 42.0 Å². The van der Waals surface area contributed by atoms with Gasteiger partial charge in [0, 0.05) is 28.0 Å². The summed E-state index contributed by atoms with van der Waals surface area (Å²) in [6.07, 6.45) is 1.66. The zero-order chi connectivity index (χ0) is 21.7. The lowest BCUT2D eigenvalue weighted by Gasteiger charge is -2.14. The maximum Gasteiger partial charge on any atom is 0.269 e. The zero-order valence-electron chi connectivity index (χ0n) is 15.4. The van der Waals surface area contributed by atoms with Crippen molar-refractivity contribution in [2.45, 2.75) is 6.42 Å². The largest absolute Gasteiger partial charge is 0.292 e. The summed E-state index contributed by atoms with van der Waals surface area (Å²) in [5.74, 6) is -1.16. The fourth-order valence-electron chi connectivity index (χ4n) is 2.50. The van der Waals surface area contributed by atoms with Gasteiger partial charge in [-0.3, -0.25) is 30.1 Å². The Morgan fingerprint density at radius 3 is 2.53 bits per heavy atom. The van der Waals surface area contributed by atoms with Crippen molar-refractivity contribution >= 4 is 79.6 Å². The number of thioether (sulfide) groups is 1. The Morgan fingerprint density at radius 2 is 1.83 bits per heavy atom. The van der Waals surface area contributed by atoms with E-state index in [4.69, 9.17) is 23.8 Å². The van der Waals surface area contributed by atoms with Crippen LogP contribution in [0.4, 0.5) is 0 Å². The quantitative estimate of drug-likeness (QED) is 0.349. The van der Waals surface area contributed by atoms with Crippen molar-refractivity contribution in [2.75, 3.05) is 6.54 Å². The van der Waals surface area contributed by atoms with Crippen LogP contribution in [-0.4, -0.2) is 33.5 Å². The number of nitrogens with one attached hydrogen (secondary N) is 2. The minimum atomic E-state index is -0.441. The summed E-state index contributed by atoms with van der Waals surface area (Å²) in [6.45, 7) is 0.102. The van der Waals surface area contributed by atoms with Gasteiger partial charge in [0.2, 0.25) is 5.91 Å². The zero-order valence-corrected chi connectivity index (χ0v) is 19.3. The van der Waals surface area contributed by atoms with E-state index in [9.17, 15) is 14.4 Å². The van der Waals surface area contributed by atoms with Gasteiger partial charge in [0.05, 0.1) is 4.91 Å². The molecule has 30 heavy (non-hydrogen) atoms. The monoisotopic (exact) mass is 523 g/mol. The Labute approximate surface area is 196 Å². The molecule has 2 aromatic rings. The van der Waals surface area contributed by atoms with E-state index in [1.807, 2.05) is 6.07 Å². The molecule has 0 unspecified atom stereocenters. The predicted octanol–water partition coefficient (Wildman–Crippen LogP) is 4.16. The molecular weight excluding hydrogens is 510 g/mol. The lowest BCUT2D eigenvalue weighted by Crippen LogP contribution is -2.43. The molecular formula is C20H15BrClN3O3S2. The predicted molar refractivity (Wildman–Crippen MR) is 126 cm³/mol. The average molecular weight is 525 g/mol. The standard InChI is InChI=1S/C20H15BrClN3O3S2/c21-14-7-5-12(6-8-14)18(27)24-23-17(26)9-10-25-19(28)16(30-20(25)29)11-13-3-1-2-4-15(13)22/h1-8,11H,9-10H2,(H,23,26)(H,24,27). The van der Waals surface area contributed by atoms with E-state index in [1.165, 1.54) is 4.90 Å². The number of thiocarbonyl (C=S) groups is 1. The highest BCUT2D eigenvalue weighted by atomic mass is 79.9. The Bertz CT molecular complexity index is 1040. The van der Waals surface area contributed by atoms with Gasteiger partial charge in [-0.25, -0.2) is 0 Å². The van der Waals surface area contributed by atoms with Crippen LogP contribution in [0.15, 0.2) is 57.9 Å². The third kappa shape index (κ3) is 5.69. The van der Waals surface area contributed by atoms with Crippen molar-refractivity contribution in [1.29, 1.82) is 0 Å². The smallest absolute Gasteiger partial charge is 0.269 e. The molecule has 0 saturated carbocycles. The van der Waals surface area contributed by atoms with Crippen LogP contribution in [0.5, 0.6) is 0 Å². The van der Waals surface area contributed by atoms with Crippen LogP contribution in [0.25, 0.3) is 6.08 Å². The fourth-order valence-corrected chi connectivity index (χ4v) is 4.26. The number of benzene rings is 2. The van der Waals surface area contributed by atoms with Gasteiger partial charge in [0.1, 0.15) is 4.32 Å². The van der Waals surface area contributed by atoms with Crippen LogP contribution in [0.3, 0.4) is 0 Å². The summed E-state index contributed by atoms with van der Waals surface area (Å²) in [5.41, 5.74) is 5.80. The molecule has 0 atom stereocenters. The van der Waals surface area contributed by atoms with Crippen LogP contribution in [-0.2, 0) is 9.59 Å². The van der Waals surface area contributed by atoms with Crippen molar-refractivity contribution in [3.8, 4) is 0 Å². The summed E-state index contributed by atoms with van der Waals surface area (Å²) < 4.78 is 1.21. The van der Waals surface area contributed by atoms with E-state index in [-0.39, 0.29) is 18.9 Å². The first-order valence-electron chi connectivity index (χ1n) is 8.70. The molecule has 1 fully saturated rings. The van der Waals surface area contributed by atoms with Crippen LogP contribution < -0.4 is 10.9 Å². The summed E-state index contributed by atoms with van der Waals surface area (Å²) in [7, 11) is 0. The first kappa shape index (κ1) is 22.5. The lowest BCUT2D eigenvalue weighted by atomic mass is 10.2. The lowest BCUT2D eigenvalue weighted by molar-refractivity contribution is -0.124. The van der Waals surface area contributed by atoms with Gasteiger partial charge >= 0.3 is 0 Å². The van der Waals surface area contributed by atoms with Gasteiger partial charge in [0.25, 0.3) is 11.8 Å². The van der Waals surface area contributed by atoms with Gasteiger partial charge < -0.3 is 0 Å². The van der Waals surface area contributed by atoms with E-state index in [0.717, 1.165) is 16.2 Å². The number of rotatable bonds is 5. The molecule has 0 aromatic heterocycles. The fraction of sp³-hybridized carbons (Fsp3) is 0.100. The number of carbonyl (C=O) groups excluding carboxylic acids is 3. The first-order chi connectivity index (χ1) is 14.3. The Kier molecular flexibility index (Phi) is 7.65. The van der Waals surface area contributed by atoms with E-state index >= 15 is 0 Å². The number of halogens is 2. The normalized spacial score (nSPS) is 14.9. The number of hydrazine groups is 1. The minimum absolute atomic E-state index is 0.0214.